The Morgan fingerprint density at radius 2 is 2.22 bits per heavy atom. The summed E-state index contributed by atoms with van der Waals surface area (Å²) >= 11 is 3.34. The molecular weight excluding hydrogens is 300 g/mol. The van der Waals surface area contributed by atoms with Crippen LogP contribution in [0.25, 0.3) is 0 Å². The monoisotopic (exact) mass is 312 g/mol. The topological polar surface area (TPSA) is 49.9 Å². The number of likely N-dealkylation sites (N-methyl/N-ethyl adjacent to an activating group) is 1. The number of hydrogen-bond donors (Lipinski definition) is 0. The molecule has 5 nitrogen and oxygen atoms in total. The first-order valence-electron chi connectivity index (χ1n) is 5.42. The van der Waals surface area contributed by atoms with Gasteiger partial charge in [-0.1, -0.05) is 15.9 Å². The highest BCUT2D eigenvalue weighted by atomic mass is 79.9. The van der Waals surface area contributed by atoms with E-state index >= 15 is 0 Å². The van der Waals surface area contributed by atoms with Crippen molar-refractivity contribution in [3.8, 4) is 5.75 Å². The zero-order valence-electron chi connectivity index (χ0n) is 10.1. The molecule has 0 radical (unpaired) electrons. The summed E-state index contributed by atoms with van der Waals surface area (Å²) in [6.07, 6.45) is 0. The molecule has 0 aliphatic carbocycles. The van der Waals surface area contributed by atoms with Crippen molar-refractivity contribution in [1.29, 1.82) is 0 Å². The molecule has 0 aromatic heterocycles. The van der Waals surface area contributed by atoms with Gasteiger partial charge >= 0.3 is 0 Å². The van der Waals surface area contributed by atoms with Crippen molar-refractivity contribution in [2.24, 2.45) is 0 Å². The molecule has 1 aromatic rings. The molecule has 0 fully saturated rings. The maximum atomic E-state index is 11.8. The standard InChI is InChI=1S/C12H13BrN2O3/c1-14(2)11(16)6-15-9-4-3-8(13)5-10(9)18-7-12(15)17/h3-5H,6-7H2,1-2H3. The number of rotatable bonds is 2. The van der Waals surface area contributed by atoms with Crippen molar-refractivity contribution in [1.82, 2.24) is 4.90 Å². The summed E-state index contributed by atoms with van der Waals surface area (Å²) in [6.45, 7) is -0.00596. The van der Waals surface area contributed by atoms with Gasteiger partial charge in [-0.25, -0.2) is 0 Å². The lowest BCUT2D eigenvalue weighted by Gasteiger charge is -2.29. The van der Waals surface area contributed by atoms with E-state index in [9.17, 15) is 9.59 Å². The summed E-state index contributed by atoms with van der Waals surface area (Å²) < 4.78 is 6.21. The minimum absolute atomic E-state index is 0.0316. The van der Waals surface area contributed by atoms with Crippen LogP contribution in [0.4, 0.5) is 5.69 Å². The first kappa shape index (κ1) is 12.9. The highest BCUT2D eigenvalue weighted by Gasteiger charge is 2.27. The van der Waals surface area contributed by atoms with Gasteiger partial charge in [-0.05, 0) is 18.2 Å². The van der Waals surface area contributed by atoms with Crippen LogP contribution in [0.5, 0.6) is 5.75 Å². The predicted molar refractivity (Wildman–Crippen MR) is 70.7 cm³/mol. The number of fused-ring (bicyclic) bond motifs is 1. The second kappa shape index (κ2) is 4.97. The van der Waals surface area contributed by atoms with E-state index in [0.717, 1.165) is 4.47 Å². The van der Waals surface area contributed by atoms with E-state index in [1.54, 1.807) is 26.2 Å². The third-order valence-corrected chi connectivity index (χ3v) is 3.15. The van der Waals surface area contributed by atoms with Gasteiger partial charge < -0.3 is 9.64 Å². The van der Waals surface area contributed by atoms with Crippen molar-refractivity contribution in [2.75, 3.05) is 32.1 Å². The number of carbonyl (C=O) groups is 2. The van der Waals surface area contributed by atoms with Crippen LogP contribution in [0, 0.1) is 0 Å². The highest BCUT2D eigenvalue weighted by Crippen LogP contribution is 2.34. The fraction of sp³-hybridized carbons (Fsp3) is 0.333. The van der Waals surface area contributed by atoms with Crippen molar-refractivity contribution >= 4 is 33.4 Å². The third kappa shape index (κ3) is 2.48. The van der Waals surface area contributed by atoms with E-state index in [4.69, 9.17) is 4.74 Å². The first-order valence-corrected chi connectivity index (χ1v) is 6.21. The number of carbonyl (C=O) groups excluding carboxylic acids is 2. The molecule has 1 aliphatic rings. The largest absolute Gasteiger partial charge is 0.482 e. The molecule has 2 amide bonds. The molecule has 1 aliphatic heterocycles. The van der Waals surface area contributed by atoms with Gasteiger partial charge in [0.15, 0.2) is 6.61 Å². The smallest absolute Gasteiger partial charge is 0.265 e. The van der Waals surface area contributed by atoms with Gasteiger partial charge in [0.05, 0.1) is 5.69 Å². The molecule has 6 heteroatoms. The highest BCUT2D eigenvalue weighted by molar-refractivity contribution is 9.10. The lowest BCUT2D eigenvalue weighted by atomic mass is 10.2. The number of nitrogens with zero attached hydrogens (tertiary/aromatic N) is 2. The Morgan fingerprint density at radius 3 is 2.89 bits per heavy atom. The summed E-state index contributed by atoms with van der Waals surface area (Å²) in [7, 11) is 3.32. The van der Waals surface area contributed by atoms with Crippen LogP contribution in [-0.2, 0) is 9.59 Å². The Hall–Kier alpha value is -1.56. The first-order chi connectivity index (χ1) is 8.49. The SMILES string of the molecule is CN(C)C(=O)CN1C(=O)COc2cc(Br)ccc21. The zero-order chi connectivity index (χ0) is 13.3. The summed E-state index contributed by atoms with van der Waals surface area (Å²) in [6, 6.07) is 5.36. The summed E-state index contributed by atoms with van der Waals surface area (Å²) in [5, 5.41) is 0. The van der Waals surface area contributed by atoms with Crippen molar-refractivity contribution in [3.05, 3.63) is 22.7 Å². The number of anilines is 1. The Morgan fingerprint density at radius 1 is 1.50 bits per heavy atom. The minimum Gasteiger partial charge on any atom is -0.482 e. The van der Waals surface area contributed by atoms with Crippen molar-refractivity contribution < 1.29 is 14.3 Å². The molecular formula is C12H13BrN2O3. The van der Waals surface area contributed by atoms with Gasteiger partial charge in [0.2, 0.25) is 5.91 Å². The Bertz CT molecular complexity index is 502. The molecule has 0 saturated heterocycles. The van der Waals surface area contributed by atoms with Crippen LogP contribution in [0.3, 0.4) is 0 Å². The molecule has 0 bridgehead atoms. The van der Waals surface area contributed by atoms with E-state index < -0.39 is 0 Å². The van der Waals surface area contributed by atoms with E-state index in [2.05, 4.69) is 15.9 Å². The second-order valence-corrected chi connectivity index (χ2v) is 5.08. The normalized spacial score (nSPS) is 13.9. The fourth-order valence-corrected chi connectivity index (χ4v) is 1.97. The van der Waals surface area contributed by atoms with Crippen LogP contribution in [0.2, 0.25) is 0 Å². The predicted octanol–water partition coefficient (Wildman–Crippen LogP) is 1.26. The summed E-state index contributed by atoms with van der Waals surface area (Å²) in [5.41, 5.74) is 0.629. The maximum absolute atomic E-state index is 11.8. The Labute approximate surface area is 113 Å². The molecule has 2 rings (SSSR count). The molecule has 1 aromatic carbocycles. The summed E-state index contributed by atoms with van der Waals surface area (Å²) in [4.78, 5) is 26.4. The van der Waals surface area contributed by atoms with Gasteiger partial charge in [0.25, 0.3) is 5.91 Å². The molecule has 0 saturated carbocycles. The number of ether oxygens (including phenoxy) is 1. The quantitative estimate of drug-likeness (QED) is 0.826. The van der Waals surface area contributed by atoms with Gasteiger partial charge in [0, 0.05) is 18.6 Å². The second-order valence-electron chi connectivity index (χ2n) is 4.17. The fourth-order valence-electron chi connectivity index (χ4n) is 1.63. The van der Waals surface area contributed by atoms with E-state index in [0.29, 0.717) is 11.4 Å². The molecule has 0 atom stereocenters. The molecule has 1 heterocycles. The Kier molecular flexibility index (Phi) is 3.56. The van der Waals surface area contributed by atoms with Gasteiger partial charge in [-0.15, -0.1) is 0 Å². The molecule has 18 heavy (non-hydrogen) atoms. The molecule has 0 spiro atoms. The van der Waals surface area contributed by atoms with Crippen LogP contribution < -0.4 is 9.64 Å². The Balaban J connectivity index is 2.31. The van der Waals surface area contributed by atoms with E-state index in [1.165, 1.54) is 9.80 Å². The van der Waals surface area contributed by atoms with Crippen molar-refractivity contribution in [3.63, 3.8) is 0 Å². The minimum atomic E-state index is -0.208. The van der Waals surface area contributed by atoms with Gasteiger partial charge in [-0.3, -0.25) is 14.5 Å². The van der Waals surface area contributed by atoms with Gasteiger partial charge in [-0.2, -0.15) is 0 Å². The van der Waals surface area contributed by atoms with Crippen LogP contribution in [-0.4, -0.2) is 44.0 Å². The number of amides is 2. The van der Waals surface area contributed by atoms with Crippen LogP contribution in [0.15, 0.2) is 22.7 Å². The number of benzene rings is 1. The average Bonchev–Trinajstić information content (AvgIpc) is 2.32. The summed E-state index contributed by atoms with van der Waals surface area (Å²) in [5.74, 6) is 0.273. The van der Waals surface area contributed by atoms with E-state index in [-0.39, 0.29) is 25.0 Å². The van der Waals surface area contributed by atoms with Crippen LogP contribution >= 0.6 is 15.9 Å². The lowest BCUT2D eigenvalue weighted by molar-refractivity contribution is -0.130. The number of hydrogen-bond acceptors (Lipinski definition) is 3. The van der Waals surface area contributed by atoms with Crippen molar-refractivity contribution in [2.45, 2.75) is 0 Å². The number of halogens is 1. The van der Waals surface area contributed by atoms with Gasteiger partial charge in [0.1, 0.15) is 12.3 Å². The third-order valence-electron chi connectivity index (χ3n) is 2.66. The lowest BCUT2D eigenvalue weighted by Crippen LogP contribution is -2.44. The van der Waals surface area contributed by atoms with Crippen LogP contribution in [0.1, 0.15) is 0 Å². The zero-order valence-corrected chi connectivity index (χ0v) is 11.7. The average molecular weight is 313 g/mol. The molecule has 0 N–H and O–H groups in total. The maximum Gasteiger partial charge on any atom is 0.265 e. The molecule has 0 unspecified atom stereocenters. The van der Waals surface area contributed by atoms with E-state index in [1.807, 2.05) is 6.07 Å². The molecule has 96 valence electrons.